The number of urea groups is 1. The van der Waals surface area contributed by atoms with Crippen LogP contribution in [0.2, 0.25) is 0 Å². The fourth-order valence-electron chi connectivity index (χ4n) is 3.05. The van der Waals surface area contributed by atoms with Gasteiger partial charge in [-0.05, 0) is 43.7 Å². The summed E-state index contributed by atoms with van der Waals surface area (Å²) in [5.74, 6) is -0.955. The van der Waals surface area contributed by atoms with Crippen molar-refractivity contribution < 1.29 is 33.0 Å². The molecule has 1 aliphatic heterocycles. The summed E-state index contributed by atoms with van der Waals surface area (Å²) >= 11 is 3.41. The molecule has 2 aromatic carbocycles. The highest BCUT2D eigenvalue weighted by molar-refractivity contribution is 9.10. The minimum atomic E-state index is -0.648. The normalized spacial score (nSPS) is 14.4. The second-order valence-corrected chi connectivity index (χ2v) is 7.67. The summed E-state index contributed by atoms with van der Waals surface area (Å²) in [5.41, 5.74) is 0.781. The number of nitrogens with zero attached hydrogens (tertiary/aromatic N) is 1. The Hall–Kier alpha value is -3.40. The van der Waals surface area contributed by atoms with Gasteiger partial charge in [-0.2, -0.15) is 0 Å². The summed E-state index contributed by atoms with van der Waals surface area (Å²) in [7, 11) is 0. The van der Waals surface area contributed by atoms with Gasteiger partial charge in [-0.1, -0.05) is 34.1 Å². The molecular formula is C23H22BrFN2O6. The van der Waals surface area contributed by atoms with E-state index in [0.29, 0.717) is 28.1 Å². The fraction of sp³-hybridized carbons (Fsp3) is 0.261. The van der Waals surface area contributed by atoms with Crippen molar-refractivity contribution in [3.8, 4) is 11.5 Å². The van der Waals surface area contributed by atoms with Crippen molar-refractivity contribution in [3.05, 3.63) is 63.5 Å². The average Bonchev–Trinajstić information content (AvgIpc) is 3.04. The molecule has 0 aromatic heterocycles. The number of imide groups is 1. The largest absolute Gasteiger partial charge is 0.490 e. The molecular weight excluding hydrogens is 499 g/mol. The molecule has 3 amide bonds. The maximum absolute atomic E-state index is 14.0. The van der Waals surface area contributed by atoms with E-state index in [9.17, 15) is 18.8 Å². The Balaban J connectivity index is 1.83. The SMILES string of the molecule is CCOC(=O)COc1cc(Br)c(/C=C2/NC(=O)N(Cc3ccccc3F)C2=O)cc1OCC. The Kier molecular flexibility index (Phi) is 8.05. The smallest absolute Gasteiger partial charge is 0.344 e. The van der Waals surface area contributed by atoms with Gasteiger partial charge >= 0.3 is 12.0 Å². The maximum Gasteiger partial charge on any atom is 0.344 e. The van der Waals surface area contributed by atoms with Crippen molar-refractivity contribution in [3.63, 3.8) is 0 Å². The highest BCUT2D eigenvalue weighted by Crippen LogP contribution is 2.35. The number of hydrogen-bond acceptors (Lipinski definition) is 6. The van der Waals surface area contributed by atoms with E-state index in [1.54, 1.807) is 32.0 Å². The van der Waals surface area contributed by atoms with Crippen LogP contribution in [0.1, 0.15) is 25.0 Å². The number of halogens is 2. The van der Waals surface area contributed by atoms with Gasteiger partial charge in [0, 0.05) is 10.0 Å². The van der Waals surface area contributed by atoms with Crippen molar-refractivity contribution in [2.75, 3.05) is 19.8 Å². The first kappa shape index (κ1) is 24.2. The van der Waals surface area contributed by atoms with Crippen molar-refractivity contribution in [1.29, 1.82) is 0 Å². The van der Waals surface area contributed by atoms with Crippen molar-refractivity contribution in [1.82, 2.24) is 10.2 Å². The van der Waals surface area contributed by atoms with Crippen LogP contribution < -0.4 is 14.8 Å². The third-order valence-electron chi connectivity index (χ3n) is 4.56. The molecule has 0 atom stereocenters. The van der Waals surface area contributed by atoms with Gasteiger partial charge in [0.1, 0.15) is 11.5 Å². The lowest BCUT2D eigenvalue weighted by atomic mass is 10.1. The first-order chi connectivity index (χ1) is 15.8. The molecule has 0 radical (unpaired) electrons. The van der Waals surface area contributed by atoms with Gasteiger partial charge in [0.15, 0.2) is 18.1 Å². The Morgan fingerprint density at radius 2 is 1.85 bits per heavy atom. The topological polar surface area (TPSA) is 94.2 Å². The molecule has 1 heterocycles. The molecule has 174 valence electrons. The van der Waals surface area contributed by atoms with Gasteiger partial charge in [0.25, 0.3) is 5.91 Å². The number of rotatable bonds is 9. The van der Waals surface area contributed by atoms with Gasteiger partial charge in [-0.25, -0.2) is 14.0 Å². The third kappa shape index (κ3) is 5.89. The van der Waals surface area contributed by atoms with Crippen molar-refractivity contribution in [2.45, 2.75) is 20.4 Å². The number of ether oxygens (including phenoxy) is 3. The van der Waals surface area contributed by atoms with E-state index in [4.69, 9.17) is 14.2 Å². The predicted molar refractivity (Wildman–Crippen MR) is 121 cm³/mol. The Bertz CT molecular complexity index is 1100. The maximum atomic E-state index is 14.0. The second kappa shape index (κ2) is 11.0. The number of esters is 1. The van der Waals surface area contributed by atoms with E-state index < -0.39 is 23.7 Å². The van der Waals surface area contributed by atoms with E-state index in [1.807, 2.05) is 0 Å². The summed E-state index contributed by atoms with van der Waals surface area (Å²) in [5, 5.41) is 2.51. The van der Waals surface area contributed by atoms with E-state index in [-0.39, 0.29) is 31.0 Å². The molecule has 1 aliphatic rings. The number of benzene rings is 2. The average molecular weight is 521 g/mol. The van der Waals surface area contributed by atoms with Crippen LogP contribution >= 0.6 is 15.9 Å². The summed E-state index contributed by atoms with van der Waals surface area (Å²) in [6.45, 7) is 3.57. The van der Waals surface area contributed by atoms with Gasteiger partial charge < -0.3 is 19.5 Å². The predicted octanol–water partition coefficient (Wildman–Crippen LogP) is 4.02. The lowest BCUT2D eigenvalue weighted by Crippen LogP contribution is -2.30. The fourth-order valence-corrected chi connectivity index (χ4v) is 3.49. The van der Waals surface area contributed by atoms with E-state index in [2.05, 4.69) is 21.2 Å². The Morgan fingerprint density at radius 3 is 2.55 bits per heavy atom. The van der Waals surface area contributed by atoms with E-state index >= 15 is 0 Å². The molecule has 33 heavy (non-hydrogen) atoms. The lowest BCUT2D eigenvalue weighted by molar-refractivity contribution is -0.145. The molecule has 0 spiro atoms. The second-order valence-electron chi connectivity index (χ2n) is 6.82. The molecule has 2 aromatic rings. The minimum Gasteiger partial charge on any atom is -0.490 e. The van der Waals surface area contributed by atoms with Gasteiger partial charge in [0.05, 0.1) is 19.8 Å². The number of carbonyl (C=O) groups excluding carboxylic acids is 3. The summed E-state index contributed by atoms with van der Waals surface area (Å²) < 4.78 is 30.5. The standard InChI is InChI=1S/C23H22BrFN2O6/c1-3-31-19-10-15(16(24)11-20(19)33-13-21(28)32-4-2)9-18-22(29)27(23(30)26-18)12-14-7-5-6-8-17(14)25/h5-11H,3-4,12-13H2,1-2H3,(H,26,30)/b18-9+. The molecule has 0 unspecified atom stereocenters. The summed E-state index contributed by atoms with van der Waals surface area (Å²) in [6, 6.07) is 8.50. The molecule has 0 aliphatic carbocycles. The van der Waals surface area contributed by atoms with Crippen LogP contribution in [0.25, 0.3) is 6.08 Å². The van der Waals surface area contributed by atoms with Crippen LogP contribution in [0.15, 0.2) is 46.6 Å². The van der Waals surface area contributed by atoms with Gasteiger partial charge in [0.2, 0.25) is 0 Å². The van der Waals surface area contributed by atoms with Crippen molar-refractivity contribution >= 4 is 39.9 Å². The van der Waals surface area contributed by atoms with Gasteiger partial charge in [-0.15, -0.1) is 0 Å². The zero-order valence-electron chi connectivity index (χ0n) is 18.0. The summed E-state index contributed by atoms with van der Waals surface area (Å²) in [6.07, 6.45) is 1.48. The van der Waals surface area contributed by atoms with Crippen LogP contribution in [0.5, 0.6) is 11.5 Å². The number of carbonyl (C=O) groups is 3. The third-order valence-corrected chi connectivity index (χ3v) is 5.25. The Morgan fingerprint density at radius 1 is 1.12 bits per heavy atom. The molecule has 0 saturated carbocycles. The van der Waals surface area contributed by atoms with Crippen LogP contribution in [0.4, 0.5) is 9.18 Å². The first-order valence-corrected chi connectivity index (χ1v) is 11.0. The highest BCUT2D eigenvalue weighted by Gasteiger charge is 2.34. The van der Waals surface area contributed by atoms with Crippen LogP contribution in [0.3, 0.4) is 0 Å². The van der Waals surface area contributed by atoms with Crippen molar-refractivity contribution in [2.24, 2.45) is 0 Å². The number of hydrogen-bond donors (Lipinski definition) is 1. The first-order valence-electron chi connectivity index (χ1n) is 10.2. The summed E-state index contributed by atoms with van der Waals surface area (Å²) in [4.78, 5) is 37.7. The number of amides is 3. The van der Waals surface area contributed by atoms with E-state index in [0.717, 1.165) is 4.90 Å². The molecule has 1 N–H and O–H groups in total. The highest BCUT2D eigenvalue weighted by atomic mass is 79.9. The Labute approximate surface area is 198 Å². The quantitative estimate of drug-likeness (QED) is 0.305. The van der Waals surface area contributed by atoms with E-state index in [1.165, 1.54) is 24.3 Å². The number of nitrogens with one attached hydrogen (secondary N) is 1. The lowest BCUT2D eigenvalue weighted by Gasteiger charge is -2.14. The van der Waals surface area contributed by atoms with Crippen LogP contribution in [-0.4, -0.2) is 42.6 Å². The van der Waals surface area contributed by atoms with Gasteiger partial charge in [-0.3, -0.25) is 9.69 Å². The molecule has 3 rings (SSSR count). The molecule has 8 nitrogen and oxygen atoms in total. The van der Waals surface area contributed by atoms with Crippen LogP contribution in [0, 0.1) is 5.82 Å². The zero-order valence-corrected chi connectivity index (χ0v) is 19.6. The molecule has 1 fully saturated rings. The monoisotopic (exact) mass is 520 g/mol. The van der Waals surface area contributed by atoms with Crippen LogP contribution in [-0.2, 0) is 20.9 Å². The zero-order chi connectivity index (χ0) is 24.0. The molecule has 0 bridgehead atoms. The molecule has 1 saturated heterocycles. The minimum absolute atomic E-state index is 0.0275. The molecule has 10 heteroatoms.